The number of halogens is 1. The highest BCUT2D eigenvalue weighted by Crippen LogP contribution is 2.29. The zero-order valence-electron chi connectivity index (χ0n) is 9.44. The Morgan fingerprint density at radius 3 is 2.83 bits per heavy atom. The van der Waals surface area contributed by atoms with E-state index >= 15 is 0 Å². The molecule has 2 aromatic rings. The number of amides is 1. The van der Waals surface area contributed by atoms with Crippen LogP contribution in [-0.2, 0) is 15.1 Å². The molecule has 0 aliphatic rings. The number of fused-ring (bicyclic) bond motifs is 1. The first-order valence-electron chi connectivity index (χ1n) is 5.11. The quantitative estimate of drug-likeness (QED) is 0.849. The van der Waals surface area contributed by atoms with E-state index in [1.165, 1.54) is 6.92 Å². The van der Waals surface area contributed by atoms with Crippen molar-refractivity contribution in [1.82, 2.24) is 5.32 Å². The number of rotatable bonds is 4. The molecule has 0 spiro atoms. The predicted molar refractivity (Wildman–Crippen MR) is 68.1 cm³/mol. The Labute approximate surface area is 111 Å². The average Bonchev–Trinajstić information content (AvgIpc) is 2.72. The topological polar surface area (TPSA) is 79.5 Å². The highest BCUT2D eigenvalue weighted by molar-refractivity contribution is 9.10. The summed E-state index contributed by atoms with van der Waals surface area (Å²) in [5, 5.41) is 12.2. The third-order valence-electron chi connectivity index (χ3n) is 2.75. The fourth-order valence-corrected chi connectivity index (χ4v) is 2.00. The van der Waals surface area contributed by atoms with Crippen molar-refractivity contribution in [2.75, 3.05) is 0 Å². The number of carbonyl (C=O) groups is 2. The van der Waals surface area contributed by atoms with Crippen molar-refractivity contribution in [3.8, 4) is 0 Å². The summed E-state index contributed by atoms with van der Waals surface area (Å²) in [4.78, 5) is 21.8. The molecule has 1 atom stereocenters. The smallest absolute Gasteiger partial charge is 0.337 e. The first-order valence-corrected chi connectivity index (χ1v) is 5.91. The molecule has 18 heavy (non-hydrogen) atoms. The maximum atomic E-state index is 11.3. The summed E-state index contributed by atoms with van der Waals surface area (Å²) in [6.07, 6.45) is 0.344. The van der Waals surface area contributed by atoms with E-state index in [2.05, 4.69) is 21.2 Å². The highest BCUT2D eigenvalue weighted by Gasteiger charge is 2.38. The van der Waals surface area contributed by atoms with Gasteiger partial charge in [-0.3, -0.25) is 4.79 Å². The van der Waals surface area contributed by atoms with Crippen LogP contribution in [0.1, 0.15) is 12.7 Å². The van der Waals surface area contributed by atoms with Crippen LogP contribution in [0.25, 0.3) is 11.0 Å². The van der Waals surface area contributed by atoms with E-state index < -0.39 is 11.5 Å². The molecule has 0 aliphatic heterocycles. The van der Waals surface area contributed by atoms with Crippen LogP contribution >= 0.6 is 15.9 Å². The van der Waals surface area contributed by atoms with Crippen molar-refractivity contribution in [1.29, 1.82) is 0 Å². The van der Waals surface area contributed by atoms with Gasteiger partial charge in [0.15, 0.2) is 5.54 Å². The molecular weight excluding hydrogens is 302 g/mol. The van der Waals surface area contributed by atoms with Crippen molar-refractivity contribution in [3.63, 3.8) is 0 Å². The molecule has 2 rings (SSSR count). The van der Waals surface area contributed by atoms with E-state index in [-0.39, 0.29) is 5.76 Å². The van der Waals surface area contributed by atoms with Gasteiger partial charge in [0.1, 0.15) is 11.3 Å². The Kier molecular flexibility index (Phi) is 3.13. The minimum Gasteiger partial charge on any atom is -0.479 e. The molecule has 1 heterocycles. The van der Waals surface area contributed by atoms with Crippen molar-refractivity contribution >= 4 is 39.3 Å². The third-order valence-corrected chi connectivity index (χ3v) is 3.24. The van der Waals surface area contributed by atoms with Gasteiger partial charge in [-0.25, -0.2) is 4.79 Å². The lowest BCUT2D eigenvalue weighted by Gasteiger charge is -2.20. The second-order valence-electron chi connectivity index (χ2n) is 3.99. The number of hydrogen-bond acceptors (Lipinski definition) is 3. The van der Waals surface area contributed by atoms with Gasteiger partial charge < -0.3 is 14.8 Å². The Morgan fingerprint density at radius 2 is 2.22 bits per heavy atom. The number of carboxylic acids is 1. The number of aliphatic carboxylic acids is 1. The molecule has 5 nitrogen and oxygen atoms in total. The molecule has 1 unspecified atom stereocenters. The standard InChI is InChI=1S/C12H10BrNO4/c1-12(11(16)17,14-6-15)10-5-7-4-8(13)2-3-9(7)18-10/h2-6H,1H3,(H,14,15)(H,16,17). The minimum absolute atomic E-state index is 0.176. The SMILES string of the molecule is CC(NC=O)(C(=O)O)c1cc2cc(Br)ccc2o1. The zero-order valence-corrected chi connectivity index (χ0v) is 11.0. The molecule has 0 aliphatic carbocycles. The number of hydrogen-bond donors (Lipinski definition) is 2. The fourth-order valence-electron chi connectivity index (χ4n) is 1.62. The summed E-state index contributed by atoms with van der Waals surface area (Å²) in [6, 6.07) is 6.93. The van der Waals surface area contributed by atoms with E-state index in [1.54, 1.807) is 18.2 Å². The number of nitrogens with one attached hydrogen (secondary N) is 1. The van der Waals surface area contributed by atoms with Gasteiger partial charge in [-0.15, -0.1) is 0 Å². The maximum Gasteiger partial charge on any atom is 0.337 e. The van der Waals surface area contributed by atoms with Gasteiger partial charge >= 0.3 is 5.97 Å². The van der Waals surface area contributed by atoms with Crippen LogP contribution in [0.3, 0.4) is 0 Å². The Balaban J connectivity index is 2.58. The lowest BCUT2D eigenvalue weighted by atomic mass is 9.99. The van der Waals surface area contributed by atoms with E-state index in [9.17, 15) is 14.7 Å². The molecule has 0 radical (unpaired) electrons. The highest BCUT2D eigenvalue weighted by atomic mass is 79.9. The van der Waals surface area contributed by atoms with Gasteiger partial charge in [0.25, 0.3) is 0 Å². The molecule has 6 heteroatoms. The zero-order chi connectivity index (χ0) is 13.3. The van der Waals surface area contributed by atoms with E-state index in [0.29, 0.717) is 12.0 Å². The van der Waals surface area contributed by atoms with Gasteiger partial charge in [-0.2, -0.15) is 0 Å². The summed E-state index contributed by atoms with van der Waals surface area (Å²) >= 11 is 3.32. The number of benzene rings is 1. The fraction of sp³-hybridized carbons (Fsp3) is 0.167. The van der Waals surface area contributed by atoms with Crippen LogP contribution in [0.5, 0.6) is 0 Å². The van der Waals surface area contributed by atoms with Crippen molar-refractivity contribution in [2.24, 2.45) is 0 Å². The van der Waals surface area contributed by atoms with E-state index in [1.807, 2.05) is 6.07 Å². The van der Waals surface area contributed by atoms with E-state index in [4.69, 9.17) is 4.42 Å². The lowest BCUT2D eigenvalue weighted by Crippen LogP contribution is -2.45. The lowest BCUT2D eigenvalue weighted by molar-refractivity contribution is -0.146. The summed E-state index contributed by atoms with van der Waals surface area (Å²) in [5.41, 5.74) is -1.01. The summed E-state index contributed by atoms with van der Waals surface area (Å²) < 4.78 is 6.34. The molecule has 0 bridgehead atoms. The summed E-state index contributed by atoms with van der Waals surface area (Å²) in [5.74, 6) is -1.01. The minimum atomic E-state index is -1.58. The third kappa shape index (κ3) is 1.99. The Bertz CT molecular complexity index is 622. The molecule has 0 fully saturated rings. The number of furan rings is 1. The normalized spacial score (nSPS) is 14.1. The van der Waals surface area contributed by atoms with Crippen LogP contribution in [0.4, 0.5) is 0 Å². The van der Waals surface area contributed by atoms with Gasteiger partial charge in [0.2, 0.25) is 6.41 Å². The van der Waals surface area contributed by atoms with Gasteiger partial charge in [0.05, 0.1) is 0 Å². The van der Waals surface area contributed by atoms with Crippen LogP contribution in [-0.4, -0.2) is 17.5 Å². The predicted octanol–water partition coefficient (Wildman–Crippen LogP) is 2.24. The Morgan fingerprint density at radius 1 is 1.50 bits per heavy atom. The monoisotopic (exact) mass is 311 g/mol. The number of carboxylic acid groups (broad SMARTS) is 1. The van der Waals surface area contributed by atoms with Gasteiger partial charge in [0, 0.05) is 9.86 Å². The van der Waals surface area contributed by atoms with Crippen LogP contribution in [0.2, 0.25) is 0 Å². The molecular formula is C12H10BrNO4. The largest absolute Gasteiger partial charge is 0.479 e. The number of carbonyl (C=O) groups excluding carboxylic acids is 1. The summed E-state index contributed by atoms with van der Waals surface area (Å²) in [7, 11) is 0. The first kappa shape index (κ1) is 12.6. The maximum absolute atomic E-state index is 11.3. The van der Waals surface area contributed by atoms with Crippen molar-refractivity contribution in [3.05, 3.63) is 34.5 Å². The Hall–Kier alpha value is -1.82. The van der Waals surface area contributed by atoms with E-state index in [0.717, 1.165) is 9.86 Å². The molecule has 94 valence electrons. The van der Waals surface area contributed by atoms with Crippen molar-refractivity contribution < 1.29 is 19.1 Å². The van der Waals surface area contributed by atoms with Gasteiger partial charge in [-0.05, 0) is 31.2 Å². The van der Waals surface area contributed by atoms with Crippen LogP contribution < -0.4 is 5.32 Å². The molecule has 1 amide bonds. The van der Waals surface area contributed by atoms with Crippen LogP contribution in [0.15, 0.2) is 33.2 Å². The molecule has 0 saturated heterocycles. The first-order chi connectivity index (χ1) is 8.47. The summed E-state index contributed by atoms with van der Waals surface area (Å²) in [6.45, 7) is 1.37. The molecule has 1 aromatic carbocycles. The molecule has 0 saturated carbocycles. The van der Waals surface area contributed by atoms with Gasteiger partial charge in [-0.1, -0.05) is 15.9 Å². The molecule has 2 N–H and O–H groups in total. The van der Waals surface area contributed by atoms with Crippen LogP contribution in [0, 0.1) is 0 Å². The average molecular weight is 312 g/mol. The van der Waals surface area contributed by atoms with Crippen molar-refractivity contribution in [2.45, 2.75) is 12.5 Å². The second kappa shape index (κ2) is 4.45. The second-order valence-corrected chi connectivity index (χ2v) is 4.90. The molecule has 1 aromatic heterocycles.